The maximum absolute atomic E-state index is 13.8. The zero-order chi connectivity index (χ0) is 19.4. The smallest absolute Gasteiger partial charge is 0.345 e. The summed E-state index contributed by atoms with van der Waals surface area (Å²) in [4.78, 5) is 28.7. The van der Waals surface area contributed by atoms with Crippen molar-refractivity contribution in [3.63, 3.8) is 0 Å². The number of esters is 1. The van der Waals surface area contributed by atoms with E-state index in [1.807, 2.05) is 18.2 Å². The van der Waals surface area contributed by atoms with Gasteiger partial charge in [-0.15, -0.1) is 0 Å². The molecule has 27 heavy (non-hydrogen) atoms. The van der Waals surface area contributed by atoms with Gasteiger partial charge in [0.15, 0.2) is 0 Å². The molecule has 2 aliphatic rings. The van der Waals surface area contributed by atoms with Gasteiger partial charge in [0.1, 0.15) is 17.1 Å². The number of nitrogens with zero attached hydrogens (tertiary/aromatic N) is 1. The molecule has 1 atom stereocenters. The Morgan fingerprint density at radius 3 is 2.81 bits per heavy atom. The van der Waals surface area contributed by atoms with Crippen molar-refractivity contribution in [2.75, 3.05) is 13.7 Å². The van der Waals surface area contributed by atoms with Crippen LogP contribution in [0.25, 0.3) is 0 Å². The van der Waals surface area contributed by atoms with Crippen molar-refractivity contribution in [3.05, 3.63) is 65.2 Å². The van der Waals surface area contributed by atoms with Crippen LogP contribution < -0.4 is 10.1 Å². The first-order valence-electron chi connectivity index (χ1n) is 8.50. The molecule has 1 aromatic carbocycles. The number of allylic oxidation sites excluding steroid dienone is 4. The largest absolute Gasteiger partial charge is 0.496 e. The van der Waals surface area contributed by atoms with Crippen LogP contribution in [-0.2, 0) is 20.9 Å². The quantitative estimate of drug-likeness (QED) is 0.615. The van der Waals surface area contributed by atoms with Crippen molar-refractivity contribution < 1.29 is 23.5 Å². The number of ether oxygens (including phenoxy) is 2. The molecule has 1 N–H and O–H groups in total. The summed E-state index contributed by atoms with van der Waals surface area (Å²) in [6.07, 6.45) is 3.98. The third-order valence-corrected chi connectivity index (χ3v) is 4.22. The van der Waals surface area contributed by atoms with Crippen LogP contribution in [-0.4, -0.2) is 31.3 Å². The lowest BCUT2D eigenvalue weighted by molar-refractivity contribution is -0.140. The number of carbonyl (C=O) groups is 2. The van der Waals surface area contributed by atoms with Gasteiger partial charge in [-0.2, -0.15) is 0 Å². The number of dihydropyridines is 1. The van der Waals surface area contributed by atoms with Crippen LogP contribution in [0.3, 0.4) is 0 Å². The van der Waals surface area contributed by atoms with E-state index >= 15 is 0 Å². The van der Waals surface area contributed by atoms with Gasteiger partial charge >= 0.3 is 5.97 Å². The third-order valence-electron chi connectivity index (χ3n) is 4.22. The summed E-state index contributed by atoms with van der Waals surface area (Å²) in [5.41, 5.74) is 1.26. The van der Waals surface area contributed by atoms with Crippen LogP contribution in [0.1, 0.15) is 12.5 Å². The number of rotatable bonds is 6. The van der Waals surface area contributed by atoms with Gasteiger partial charge in [0.25, 0.3) is 5.91 Å². The highest BCUT2D eigenvalue weighted by Gasteiger charge is 2.35. The maximum atomic E-state index is 13.8. The summed E-state index contributed by atoms with van der Waals surface area (Å²) in [5, 5.41) is 3.10. The van der Waals surface area contributed by atoms with Gasteiger partial charge in [0, 0.05) is 17.8 Å². The molecule has 1 amide bonds. The van der Waals surface area contributed by atoms with Gasteiger partial charge < -0.3 is 14.8 Å². The summed E-state index contributed by atoms with van der Waals surface area (Å²) < 4.78 is 24.2. The standard InChI is InChI=1S/C20H19FN2O4/c1-3-27-20(25)17-18(22-11-12-6-4-5-7-16(12)26-2)14-10-13(21)8-9-15(14)23-19(17)24/h4-10,14,22H,3,11H2,1-2H3. The second-order valence-corrected chi connectivity index (χ2v) is 5.88. The Labute approximate surface area is 156 Å². The molecular formula is C20H19FN2O4. The molecule has 1 aliphatic carbocycles. The van der Waals surface area contributed by atoms with Crippen molar-refractivity contribution in [1.82, 2.24) is 5.32 Å². The molecule has 0 saturated heterocycles. The SMILES string of the molecule is CCOC(=O)C1=C(NCc2ccccc2OC)C2C=C(F)C=CC2=NC1=O. The number of hydrogen-bond acceptors (Lipinski definition) is 5. The Morgan fingerprint density at radius 1 is 1.30 bits per heavy atom. The number of hydrogen-bond donors (Lipinski definition) is 1. The number of carbonyl (C=O) groups excluding carboxylic acids is 2. The first-order valence-corrected chi connectivity index (χ1v) is 8.50. The predicted octanol–water partition coefficient (Wildman–Crippen LogP) is 2.62. The Hall–Kier alpha value is -3.22. The molecule has 1 aromatic rings. The molecule has 3 rings (SSSR count). The van der Waals surface area contributed by atoms with Gasteiger partial charge in [-0.3, -0.25) is 4.79 Å². The molecule has 0 saturated carbocycles. The number of halogens is 1. The number of para-hydroxylation sites is 1. The van der Waals surface area contributed by atoms with E-state index < -0.39 is 23.6 Å². The highest BCUT2D eigenvalue weighted by Crippen LogP contribution is 2.29. The Morgan fingerprint density at radius 2 is 2.07 bits per heavy atom. The molecule has 0 bridgehead atoms. The lowest BCUT2D eigenvalue weighted by Gasteiger charge is -2.27. The molecule has 1 heterocycles. The number of methoxy groups -OCH3 is 1. The first kappa shape index (κ1) is 18.6. The van der Waals surface area contributed by atoms with E-state index in [9.17, 15) is 14.0 Å². The van der Waals surface area contributed by atoms with Gasteiger partial charge in [-0.05, 0) is 31.2 Å². The lowest BCUT2D eigenvalue weighted by atomic mass is 9.88. The van der Waals surface area contributed by atoms with E-state index in [0.717, 1.165) is 5.56 Å². The van der Waals surface area contributed by atoms with Crippen molar-refractivity contribution in [1.29, 1.82) is 0 Å². The van der Waals surface area contributed by atoms with Crippen molar-refractivity contribution in [3.8, 4) is 5.75 Å². The van der Waals surface area contributed by atoms with E-state index in [1.54, 1.807) is 20.1 Å². The van der Waals surface area contributed by atoms with E-state index in [2.05, 4.69) is 10.3 Å². The fourth-order valence-corrected chi connectivity index (χ4v) is 2.99. The van der Waals surface area contributed by atoms with Gasteiger partial charge in [0.2, 0.25) is 0 Å². The molecule has 140 valence electrons. The minimum atomic E-state index is -0.781. The predicted molar refractivity (Wildman–Crippen MR) is 97.8 cm³/mol. The average Bonchev–Trinajstić information content (AvgIpc) is 2.66. The summed E-state index contributed by atoms with van der Waals surface area (Å²) in [6.45, 7) is 2.03. The Balaban J connectivity index is 1.99. The molecule has 0 aromatic heterocycles. The van der Waals surface area contributed by atoms with Crippen molar-refractivity contribution in [2.45, 2.75) is 13.5 Å². The summed E-state index contributed by atoms with van der Waals surface area (Å²) >= 11 is 0. The molecule has 7 heteroatoms. The van der Waals surface area contributed by atoms with Crippen molar-refractivity contribution >= 4 is 17.6 Å². The number of nitrogens with one attached hydrogen (secondary N) is 1. The first-order chi connectivity index (χ1) is 13.0. The van der Waals surface area contributed by atoms with Crippen LogP contribution in [0, 0.1) is 5.92 Å². The fourth-order valence-electron chi connectivity index (χ4n) is 2.99. The van der Waals surface area contributed by atoms with Gasteiger partial charge in [0.05, 0.1) is 25.3 Å². The second-order valence-electron chi connectivity index (χ2n) is 5.88. The summed E-state index contributed by atoms with van der Waals surface area (Å²) in [5.74, 6) is -1.96. The highest BCUT2D eigenvalue weighted by molar-refractivity contribution is 6.24. The fraction of sp³-hybridized carbons (Fsp3) is 0.250. The van der Waals surface area contributed by atoms with Gasteiger partial charge in [-0.25, -0.2) is 14.2 Å². The van der Waals surface area contributed by atoms with E-state index in [4.69, 9.17) is 9.47 Å². The van der Waals surface area contributed by atoms with Gasteiger partial charge in [-0.1, -0.05) is 18.2 Å². The zero-order valence-corrected chi connectivity index (χ0v) is 15.0. The van der Waals surface area contributed by atoms with Crippen molar-refractivity contribution in [2.24, 2.45) is 10.9 Å². The van der Waals surface area contributed by atoms with Crippen LogP contribution in [0.5, 0.6) is 5.75 Å². The Bertz CT molecular complexity index is 899. The summed E-state index contributed by atoms with van der Waals surface area (Å²) in [7, 11) is 1.56. The minimum Gasteiger partial charge on any atom is -0.496 e. The molecule has 1 aliphatic heterocycles. The number of benzene rings is 1. The van der Waals surface area contributed by atoms with E-state index in [-0.39, 0.29) is 24.4 Å². The molecule has 0 spiro atoms. The van der Waals surface area contributed by atoms with E-state index in [0.29, 0.717) is 11.5 Å². The lowest BCUT2D eigenvalue weighted by Crippen LogP contribution is -2.35. The summed E-state index contributed by atoms with van der Waals surface area (Å²) in [6, 6.07) is 7.35. The number of fused-ring (bicyclic) bond motifs is 1. The van der Waals surface area contributed by atoms with E-state index in [1.165, 1.54) is 18.2 Å². The maximum Gasteiger partial charge on any atom is 0.345 e. The molecule has 1 unspecified atom stereocenters. The monoisotopic (exact) mass is 370 g/mol. The van der Waals surface area contributed by atoms with Crippen LogP contribution in [0.4, 0.5) is 4.39 Å². The topological polar surface area (TPSA) is 77.0 Å². The Kier molecular flexibility index (Phi) is 5.49. The molecular weight excluding hydrogens is 351 g/mol. The minimum absolute atomic E-state index is 0.112. The third kappa shape index (κ3) is 3.81. The highest BCUT2D eigenvalue weighted by atomic mass is 19.1. The number of amides is 1. The number of aliphatic imine (C=N–C) groups is 1. The van der Waals surface area contributed by atoms with Crippen LogP contribution >= 0.6 is 0 Å². The molecule has 0 fully saturated rings. The molecule has 0 radical (unpaired) electrons. The molecule has 6 nitrogen and oxygen atoms in total. The van der Waals surface area contributed by atoms with Crippen LogP contribution in [0.2, 0.25) is 0 Å². The average molecular weight is 370 g/mol. The normalized spacial score (nSPS) is 18.5. The zero-order valence-electron chi connectivity index (χ0n) is 15.0. The second kappa shape index (κ2) is 7.99. The van der Waals surface area contributed by atoms with Crippen LogP contribution in [0.15, 0.2) is 64.6 Å².